The van der Waals surface area contributed by atoms with Crippen molar-refractivity contribution in [2.75, 3.05) is 0 Å². The Morgan fingerprint density at radius 3 is 1.27 bits per heavy atom. The lowest BCUT2D eigenvalue weighted by Crippen LogP contribution is -2.01. The quantitative estimate of drug-likeness (QED) is 0.165. The van der Waals surface area contributed by atoms with Crippen LogP contribution in [0.5, 0.6) is 0 Å². The van der Waals surface area contributed by atoms with E-state index in [-0.39, 0.29) is 0 Å². The van der Waals surface area contributed by atoms with Crippen LogP contribution in [0.3, 0.4) is 0 Å². The van der Waals surface area contributed by atoms with Crippen LogP contribution in [-0.2, 0) is 0 Å². The molecule has 0 N–H and O–H groups in total. The van der Waals surface area contributed by atoms with Gasteiger partial charge in [0, 0.05) is 36.9 Å². The summed E-state index contributed by atoms with van der Waals surface area (Å²) in [6, 6.07) is 70.4. The molecule has 0 unspecified atom stereocenters. The highest BCUT2D eigenvalue weighted by atomic mass is 32.1. The van der Waals surface area contributed by atoms with Crippen molar-refractivity contribution < 1.29 is 0 Å². The predicted octanol–water partition coefficient (Wildman–Crippen LogP) is 13.9. The van der Waals surface area contributed by atoms with Crippen molar-refractivity contribution in [2.45, 2.75) is 0 Å². The SMILES string of the molecule is c1ccc(-c2ccc(-c3nc(-c4ccc(-c5ccc(-c6cccc7c6sc6ccccc67)cc5)cc4)nc(-c4ccccc4-c4ccccc4)n3)cc2)cc1. The number of nitrogens with zero attached hydrogens (tertiary/aromatic N) is 3. The molecule has 0 atom stereocenters. The van der Waals surface area contributed by atoms with Crippen LogP contribution in [0.25, 0.3) is 98.8 Å². The van der Waals surface area contributed by atoms with Crippen LogP contribution < -0.4 is 0 Å². The van der Waals surface area contributed by atoms with Gasteiger partial charge in [-0.2, -0.15) is 0 Å². The third-order valence-corrected chi connectivity index (χ3v) is 11.4. The standard InChI is InChI=1S/C51H33N3S/c1-3-12-34(13-4-1)35-24-30-40(31-25-35)49-52-50(54-51(53-49)46-18-8-7-16-42(46)38-14-5-2-6-15-38)41-32-26-37(27-33-41)36-22-28-39(29-23-36)43-19-11-20-45-44-17-9-10-21-47(44)55-48(43)45/h1-33H. The zero-order chi connectivity index (χ0) is 36.6. The van der Waals surface area contributed by atoms with Gasteiger partial charge in [0.15, 0.2) is 17.5 Å². The maximum absolute atomic E-state index is 5.12. The summed E-state index contributed by atoms with van der Waals surface area (Å²) in [6.07, 6.45) is 0. The highest BCUT2D eigenvalue weighted by Gasteiger charge is 2.16. The molecule has 55 heavy (non-hydrogen) atoms. The zero-order valence-electron chi connectivity index (χ0n) is 29.8. The average molecular weight is 720 g/mol. The molecule has 3 nitrogen and oxygen atoms in total. The highest BCUT2D eigenvalue weighted by Crippen LogP contribution is 2.40. The van der Waals surface area contributed by atoms with Crippen molar-refractivity contribution in [1.29, 1.82) is 0 Å². The normalized spacial score (nSPS) is 11.3. The molecular formula is C51H33N3S. The van der Waals surface area contributed by atoms with Gasteiger partial charge in [0.2, 0.25) is 0 Å². The summed E-state index contributed by atoms with van der Waals surface area (Å²) in [6.45, 7) is 0. The van der Waals surface area contributed by atoms with Gasteiger partial charge in [-0.05, 0) is 50.6 Å². The Morgan fingerprint density at radius 2 is 0.655 bits per heavy atom. The smallest absolute Gasteiger partial charge is 0.164 e. The van der Waals surface area contributed by atoms with Crippen LogP contribution >= 0.6 is 11.3 Å². The van der Waals surface area contributed by atoms with Crippen molar-refractivity contribution in [1.82, 2.24) is 15.0 Å². The Hall–Kier alpha value is -7.01. The van der Waals surface area contributed by atoms with Crippen molar-refractivity contribution in [3.05, 3.63) is 200 Å². The van der Waals surface area contributed by atoms with Gasteiger partial charge in [-0.15, -0.1) is 11.3 Å². The fraction of sp³-hybridized carbons (Fsp3) is 0. The molecule has 0 aliphatic rings. The summed E-state index contributed by atoms with van der Waals surface area (Å²) < 4.78 is 2.65. The number of fused-ring (bicyclic) bond motifs is 3. The summed E-state index contributed by atoms with van der Waals surface area (Å²) in [4.78, 5) is 15.3. The molecule has 2 aromatic heterocycles. The van der Waals surface area contributed by atoms with Crippen LogP contribution in [0, 0.1) is 0 Å². The summed E-state index contributed by atoms with van der Waals surface area (Å²) in [7, 11) is 0. The summed E-state index contributed by atoms with van der Waals surface area (Å²) in [5.41, 5.74) is 12.1. The molecule has 2 heterocycles. The van der Waals surface area contributed by atoms with E-state index < -0.39 is 0 Å². The number of aromatic nitrogens is 3. The van der Waals surface area contributed by atoms with Crippen LogP contribution in [0.15, 0.2) is 200 Å². The van der Waals surface area contributed by atoms with Gasteiger partial charge < -0.3 is 0 Å². The summed E-state index contributed by atoms with van der Waals surface area (Å²) in [5, 5.41) is 2.63. The molecule has 258 valence electrons. The second-order valence-electron chi connectivity index (χ2n) is 13.6. The molecule has 10 aromatic rings. The molecule has 8 aromatic carbocycles. The molecule has 0 aliphatic carbocycles. The van der Waals surface area contributed by atoms with E-state index in [9.17, 15) is 0 Å². The van der Waals surface area contributed by atoms with Gasteiger partial charge in [-0.3, -0.25) is 0 Å². The number of thiophene rings is 1. The first-order chi connectivity index (χ1) is 27.2. The molecule has 10 rings (SSSR count). The minimum absolute atomic E-state index is 0.633. The summed E-state index contributed by atoms with van der Waals surface area (Å²) >= 11 is 1.86. The van der Waals surface area contributed by atoms with Crippen molar-refractivity contribution in [3.8, 4) is 78.7 Å². The van der Waals surface area contributed by atoms with E-state index in [4.69, 9.17) is 15.0 Å². The average Bonchev–Trinajstić information content (AvgIpc) is 3.66. The van der Waals surface area contributed by atoms with Crippen molar-refractivity contribution in [2.24, 2.45) is 0 Å². The largest absolute Gasteiger partial charge is 0.208 e. The Bertz CT molecular complexity index is 2930. The third-order valence-electron chi connectivity index (χ3n) is 10.2. The molecule has 0 bridgehead atoms. The lowest BCUT2D eigenvalue weighted by molar-refractivity contribution is 1.07. The maximum Gasteiger partial charge on any atom is 0.164 e. The van der Waals surface area contributed by atoms with E-state index in [1.807, 2.05) is 29.5 Å². The molecule has 0 radical (unpaired) electrons. The number of hydrogen-bond donors (Lipinski definition) is 0. The van der Waals surface area contributed by atoms with Crippen LogP contribution in [0.2, 0.25) is 0 Å². The Labute approximate surface area is 323 Å². The fourth-order valence-corrected chi connectivity index (χ4v) is 8.61. The van der Waals surface area contributed by atoms with Crippen LogP contribution in [0.1, 0.15) is 0 Å². The minimum atomic E-state index is 0.633. The first-order valence-electron chi connectivity index (χ1n) is 18.4. The second-order valence-corrected chi connectivity index (χ2v) is 14.6. The van der Waals surface area contributed by atoms with E-state index in [1.54, 1.807) is 0 Å². The maximum atomic E-state index is 5.12. The lowest BCUT2D eigenvalue weighted by Gasteiger charge is -2.12. The van der Waals surface area contributed by atoms with E-state index in [0.717, 1.165) is 44.5 Å². The number of rotatable bonds is 7. The molecule has 0 spiro atoms. The molecule has 0 saturated carbocycles. The predicted molar refractivity (Wildman–Crippen MR) is 231 cm³/mol. The van der Waals surface area contributed by atoms with Crippen LogP contribution in [-0.4, -0.2) is 15.0 Å². The minimum Gasteiger partial charge on any atom is -0.208 e. The van der Waals surface area contributed by atoms with Gasteiger partial charge >= 0.3 is 0 Å². The fourth-order valence-electron chi connectivity index (χ4n) is 7.37. The summed E-state index contributed by atoms with van der Waals surface area (Å²) in [5.74, 6) is 1.91. The Morgan fingerprint density at radius 1 is 0.255 bits per heavy atom. The topological polar surface area (TPSA) is 38.7 Å². The Kier molecular flexibility index (Phi) is 8.36. The first kappa shape index (κ1) is 32.6. The zero-order valence-corrected chi connectivity index (χ0v) is 30.6. The molecule has 0 amide bonds. The van der Waals surface area contributed by atoms with Crippen LogP contribution in [0.4, 0.5) is 0 Å². The molecule has 0 aliphatic heterocycles. The van der Waals surface area contributed by atoms with Gasteiger partial charge in [-0.25, -0.2) is 15.0 Å². The third kappa shape index (κ3) is 6.29. The van der Waals surface area contributed by atoms with Gasteiger partial charge in [-0.1, -0.05) is 194 Å². The first-order valence-corrected chi connectivity index (χ1v) is 19.3. The monoisotopic (exact) mass is 719 g/mol. The molecular weight excluding hydrogens is 687 g/mol. The van der Waals surface area contributed by atoms with Gasteiger partial charge in [0.05, 0.1) is 0 Å². The second kappa shape index (κ2) is 14.1. The van der Waals surface area contributed by atoms with E-state index >= 15 is 0 Å². The Balaban J connectivity index is 1.01. The van der Waals surface area contributed by atoms with E-state index in [2.05, 4.69) is 182 Å². The van der Waals surface area contributed by atoms with Crippen molar-refractivity contribution in [3.63, 3.8) is 0 Å². The van der Waals surface area contributed by atoms with Crippen molar-refractivity contribution >= 4 is 31.5 Å². The molecule has 0 saturated heterocycles. The molecule has 4 heteroatoms. The lowest BCUT2D eigenvalue weighted by atomic mass is 9.98. The van der Waals surface area contributed by atoms with Gasteiger partial charge in [0.1, 0.15) is 0 Å². The number of benzene rings is 8. The number of hydrogen-bond acceptors (Lipinski definition) is 4. The van der Waals surface area contributed by atoms with Gasteiger partial charge in [0.25, 0.3) is 0 Å². The molecule has 0 fully saturated rings. The van der Waals surface area contributed by atoms with E-state index in [1.165, 1.54) is 36.9 Å². The van der Waals surface area contributed by atoms with E-state index in [0.29, 0.717) is 17.5 Å². The highest BCUT2D eigenvalue weighted by molar-refractivity contribution is 7.26.